The fraction of sp³-hybridized carbons (Fsp3) is 0.190. The Morgan fingerprint density at radius 2 is 1.86 bits per heavy atom. The van der Waals surface area contributed by atoms with E-state index >= 15 is 0 Å². The van der Waals surface area contributed by atoms with E-state index in [1.807, 2.05) is 37.7 Å². The van der Waals surface area contributed by atoms with Crippen LogP contribution in [0.1, 0.15) is 26.8 Å². The molecule has 2 aromatic carbocycles. The van der Waals surface area contributed by atoms with Crippen molar-refractivity contribution in [2.24, 2.45) is 0 Å². The van der Waals surface area contributed by atoms with Crippen molar-refractivity contribution in [3.8, 4) is 0 Å². The van der Waals surface area contributed by atoms with Gasteiger partial charge in [0.25, 0.3) is 5.69 Å². The molecule has 1 heterocycles. The Balaban J connectivity index is 1.83. The number of nitrogens with one attached hydrogen (secondary N) is 1. The van der Waals surface area contributed by atoms with E-state index in [0.717, 1.165) is 0 Å². The van der Waals surface area contributed by atoms with E-state index in [1.54, 1.807) is 47.7 Å². The monoisotopic (exact) mass is 395 g/mol. The highest BCUT2D eigenvalue weighted by Gasteiger charge is 2.21. The molecule has 0 bridgehead atoms. The number of ketones is 1. The highest BCUT2D eigenvalue weighted by atomic mass is 32.1. The van der Waals surface area contributed by atoms with Crippen LogP contribution in [0.3, 0.4) is 0 Å². The lowest BCUT2D eigenvalue weighted by molar-refractivity contribution is -0.384. The summed E-state index contributed by atoms with van der Waals surface area (Å²) in [7, 11) is 3.95. The molecule has 144 valence electrons. The first-order valence-electron chi connectivity index (χ1n) is 8.79. The number of carbonyl (C=O) groups excluding carboxylic acids is 1. The van der Waals surface area contributed by atoms with Crippen molar-refractivity contribution in [3.63, 3.8) is 0 Å². The maximum atomic E-state index is 12.6. The molecule has 0 aliphatic carbocycles. The first-order chi connectivity index (χ1) is 13.5. The van der Waals surface area contributed by atoms with Crippen molar-refractivity contribution in [1.29, 1.82) is 0 Å². The zero-order valence-corrected chi connectivity index (χ0v) is 16.5. The lowest BCUT2D eigenvalue weighted by atomic mass is 10.0. The number of nitrogens with zero attached hydrogens (tertiary/aromatic N) is 2. The summed E-state index contributed by atoms with van der Waals surface area (Å²) in [5, 5.41) is 16.8. The summed E-state index contributed by atoms with van der Waals surface area (Å²) in [5.41, 5.74) is 1.09. The third-order valence-electron chi connectivity index (χ3n) is 4.47. The number of anilines is 1. The lowest BCUT2D eigenvalue weighted by Gasteiger charge is -2.24. The summed E-state index contributed by atoms with van der Waals surface area (Å²) in [4.78, 5) is 27.0. The van der Waals surface area contributed by atoms with E-state index in [1.165, 1.54) is 10.9 Å². The molecule has 3 aromatic rings. The van der Waals surface area contributed by atoms with Crippen molar-refractivity contribution >= 4 is 28.5 Å². The zero-order chi connectivity index (χ0) is 20.1. The number of benzene rings is 2. The standard InChI is InChI=1S/C21H21N3O3S/c1-23(2)19(20-9-6-12-28-20)14-22-17-11-10-16(13-18(17)24(26)27)21(25)15-7-4-3-5-8-15/h3-13,19,22H,14H2,1-2H3/t19-/m0/s1. The Morgan fingerprint density at radius 1 is 1.11 bits per heavy atom. The van der Waals surface area contributed by atoms with Crippen LogP contribution in [0.15, 0.2) is 66.0 Å². The Labute approximate surface area is 167 Å². The third-order valence-corrected chi connectivity index (χ3v) is 5.45. The van der Waals surface area contributed by atoms with Crippen LogP contribution in [-0.4, -0.2) is 36.2 Å². The smallest absolute Gasteiger partial charge is 0.293 e. The highest BCUT2D eigenvalue weighted by molar-refractivity contribution is 7.10. The van der Waals surface area contributed by atoms with Gasteiger partial charge in [-0.25, -0.2) is 0 Å². The quantitative estimate of drug-likeness (QED) is 0.343. The molecule has 1 aromatic heterocycles. The van der Waals surface area contributed by atoms with Crippen LogP contribution in [0.25, 0.3) is 0 Å². The summed E-state index contributed by atoms with van der Waals surface area (Å²) in [6.07, 6.45) is 0. The van der Waals surface area contributed by atoms with Gasteiger partial charge in [-0.1, -0.05) is 36.4 Å². The van der Waals surface area contributed by atoms with Crippen LogP contribution < -0.4 is 5.32 Å². The fourth-order valence-electron chi connectivity index (χ4n) is 2.95. The number of hydrogen-bond donors (Lipinski definition) is 1. The van der Waals surface area contributed by atoms with Crippen LogP contribution in [0.2, 0.25) is 0 Å². The van der Waals surface area contributed by atoms with Crippen molar-refractivity contribution in [3.05, 3.63) is 92.2 Å². The molecule has 1 N–H and O–H groups in total. The average molecular weight is 395 g/mol. The highest BCUT2D eigenvalue weighted by Crippen LogP contribution is 2.29. The normalized spacial score (nSPS) is 12.0. The molecule has 0 saturated heterocycles. The van der Waals surface area contributed by atoms with E-state index < -0.39 is 4.92 Å². The first kappa shape index (κ1) is 19.7. The molecule has 28 heavy (non-hydrogen) atoms. The minimum absolute atomic E-state index is 0.0882. The van der Waals surface area contributed by atoms with Crippen molar-refractivity contribution in [2.45, 2.75) is 6.04 Å². The maximum absolute atomic E-state index is 12.6. The van der Waals surface area contributed by atoms with Crippen LogP contribution in [0.4, 0.5) is 11.4 Å². The molecule has 0 unspecified atom stereocenters. The molecule has 0 radical (unpaired) electrons. The van der Waals surface area contributed by atoms with Gasteiger partial charge in [0.05, 0.1) is 11.0 Å². The summed E-state index contributed by atoms with van der Waals surface area (Å²) in [6.45, 7) is 0.514. The topological polar surface area (TPSA) is 75.5 Å². The van der Waals surface area contributed by atoms with E-state index in [4.69, 9.17) is 0 Å². The molecular formula is C21H21N3O3S. The molecule has 0 amide bonds. The van der Waals surface area contributed by atoms with E-state index in [9.17, 15) is 14.9 Å². The summed E-state index contributed by atoms with van der Waals surface area (Å²) in [6, 6.07) is 17.4. The van der Waals surface area contributed by atoms with Gasteiger partial charge in [-0.05, 0) is 37.7 Å². The van der Waals surface area contributed by atoms with Gasteiger partial charge in [0.1, 0.15) is 5.69 Å². The summed E-state index contributed by atoms with van der Waals surface area (Å²) in [5.74, 6) is -0.236. The second-order valence-electron chi connectivity index (χ2n) is 6.56. The first-order valence-corrected chi connectivity index (χ1v) is 9.67. The van der Waals surface area contributed by atoms with Crippen molar-refractivity contribution < 1.29 is 9.72 Å². The van der Waals surface area contributed by atoms with Gasteiger partial charge in [0.2, 0.25) is 0 Å². The molecule has 0 saturated carbocycles. The minimum atomic E-state index is -0.458. The number of nitro groups is 1. The number of likely N-dealkylation sites (N-methyl/N-ethyl adjacent to an activating group) is 1. The Hall–Kier alpha value is -3.03. The second-order valence-corrected chi connectivity index (χ2v) is 7.54. The van der Waals surface area contributed by atoms with Crippen LogP contribution in [0, 0.1) is 10.1 Å². The molecule has 6 nitrogen and oxygen atoms in total. The van der Waals surface area contributed by atoms with Crippen LogP contribution >= 0.6 is 11.3 Å². The van der Waals surface area contributed by atoms with Crippen LogP contribution in [-0.2, 0) is 0 Å². The predicted octanol–water partition coefficient (Wildman–Crippen LogP) is 4.60. The van der Waals surface area contributed by atoms with Crippen molar-refractivity contribution in [1.82, 2.24) is 4.90 Å². The Bertz CT molecular complexity index is 956. The molecule has 0 aliphatic heterocycles. The van der Waals surface area contributed by atoms with Gasteiger partial charge in [-0.15, -0.1) is 11.3 Å². The van der Waals surface area contributed by atoms with Gasteiger partial charge in [0.15, 0.2) is 5.78 Å². The maximum Gasteiger partial charge on any atom is 0.293 e. The van der Waals surface area contributed by atoms with Gasteiger partial charge < -0.3 is 10.2 Å². The number of hydrogen-bond acceptors (Lipinski definition) is 6. The molecule has 1 atom stereocenters. The number of carbonyl (C=O) groups is 1. The van der Waals surface area contributed by atoms with Gasteiger partial charge in [-0.3, -0.25) is 14.9 Å². The van der Waals surface area contributed by atoms with E-state index in [-0.39, 0.29) is 17.5 Å². The lowest BCUT2D eigenvalue weighted by Crippen LogP contribution is -2.26. The van der Waals surface area contributed by atoms with Crippen molar-refractivity contribution in [2.75, 3.05) is 26.0 Å². The number of rotatable bonds is 8. The minimum Gasteiger partial charge on any atom is -0.378 e. The molecular weight excluding hydrogens is 374 g/mol. The molecule has 0 spiro atoms. The summed E-state index contributed by atoms with van der Waals surface area (Å²) < 4.78 is 0. The van der Waals surface area contributed by atoms with E-state index in [2.05, 4.69) is 10.2 Å². The molecule has 0 aliphatic rings. The summed E-state index contributed by atoms with van der Waals surface area (Å²) >= 11 is 1.65. The molecule has 7 heteroatoms. The fourth-order valence-corrected chi connectivity index (χ4v) is 3.88. The third kappa shape index (κ3) is 4.44. The number of thiophene rings is 1. The van der Waals surface area contributed by atoms with E-state index in [0.29, 0.717) is 23.4 Å². The average Bonchev–Trinajstić information content (AvgIpc) is 3.22. The Morgan fingerprint density at radius 3 is 2.46 bits per heavy atom. The SMILES string of the molecule is CN(C)[C@@H](CNc1ccc(C(=O)c2ccccc2)cc1[N+](=O)[O-])c1cccs1. The largest absolute Gasteiger partial charge is 0.378 e. The zero-order valence-electron chi connectivity index (χ0n) is 15.7. The van der Waals surface area contributed by atoms with Gasteiger partial charge in [0, 0.05) is 28.6 Å². The van der Waals surface area contributed by atoms with Gasteiger partial charge >= 0.3 is 0 Å². The second kappa shape index (κ2) is 8.77. The number of nitro benzene ring substituents is 1. The van der Waals surface area contributed by atoms with Crippen LogP contribution in [0.5, 0.6) is 0 Å². The van der Waals surface area contributed by atoms with Gasteiger partial charge in [-0.2, -0.15) is 0 Å². The Kier molecular flexibility index (Phi) is 6.18. The molecule has 3 rings (SSSR count). The molecule has 0 fully saturated rings. The predicted molar refractivity (Wildman–Crippen MR) is 112 cm³/mol.